The van der Waals surface area contributed by atoms with Crippen molar-refractivity contribution in [2.45, 2.75) is 13.5 Å². The molecule has 3 aromatic rings. The minimum Gasteiger partial charge on any atom is -0.465 e. The van der Waals surface area contributed by atoms with Gasteiger partial charge in [0, 0.05) is 6.20 Å². The number of amides is 1. The van der Waals surface area contributed by atoms with Gasteiger partial charge in [0.1, 0.15) is 5.56 Å². The van der Waals surface area contributed by atoms with E-state index in [1.807, 2.05) is 31.2 Å². The van der Waals surface area contributed by atoms with Crippen molar-refractivity contribution in [3.8, 4) is 0 Å². The molecule has 0 fully saturated rings. The van der Waals surface area contributed by atoms with Gasteiger partial charge in [-0.3, -0.25) is 9.59 Å². The first-order valence-electron chi connectivity index (χ1n) is 9.71. The molecule has 0 aliphatic rings. The van der Waals surface area contributed by atoms with Gasteiger partial charge >= 0.3 is 11.9 Å². The van der Waals surface area contributed by atoms with Gasteiger partial charge in [-0.05, 0) is 42.8 Å². The second kappa shape index (κ2) is 9.74. The Morgan fingerprint density at radius 2 is 1.59 bits per heavy atom. The van der Waals surface area contributed by atoms with E-state index in [1.54, 1.807) is 12.3 Å². The average Bonchev–Trinajstić information content (AvgIpc) is 2.80. The fourth-order valence-electron chi connectivity index (χ4n) is 3.09. The number of ether oxygens (including phenoxy) is 2. The van der Waals surface area contributed by atoms with Crippen LogP contribution < -0.4 is 10.9 Å². The quantitative estimate of drug-likeness (QED) is 0.598. The predicted octanol–water partition coefficient (Wildman–Crippen LogP) is 3.03. The van der Waals surface area contributed by atoms with Crippen molar-refractivity contribution < 1.29 is 23.9 Å². The first-order chi connectivity index (χ1) is 15.3. The summed E-state index contributed by atoms with van der Waals surface area (Å²) in [4.78, 5) is 49.8. The lowest BCUT2D eigenvalue weighted by Gasteiger charge is -2.12. The molecule has 8 heteroatoms. The zero-order chi connectivity index (χ0) is 23.3. The van der Waals surface area contributed by atoms with E-state index in [0.717, 1.165) is 11.1 Å². The van der Waals surface area contributed by atoms with Crippen LogP contribution in [-0.4, -0.2) is 36.6 Å². The van der Waals surface area contributed by atoms with Crippen molar-refractivity contribution >= 4 is 23.5 Å². The van der Waals surface area contributed by atoms with Crippen LogP contribution in [0.25, 0.3) is 0 Å². The SMILES string of the molecule is COC(=O)c1ccc(C(=O)OC)c(NC(=O)c2cccn(Cc3ccc(C)cc3)c2=O)c1. The molecule has 1 N–H and O–H groups in total. The molecule has 0 aliphatic carbocycles. The average molecular weight is 434 g/mol. The smallest absolute Gasteiger partial charge is 0.339 e. The topological polar surface area (TPSA) is 104 Å². The van der Waals surface area contributed by atoms with Gasteiger partial charge in [-0.2, -0.15) is 0 Å². The number of rotatable bonds is 6. The van der Waals surface area contributed by atoms with Crippen LogP contribution >= 0.6 is 0 Å². The van der Waals surface area contributed by atoms with Crippen LogP contribution in [0.4, 0.5) is 5.69 Å². The van der Waals surface area contributed by atoms with Gasteiger partial charge in [0.05, 0.1) is 37.6 Å². The van der Waals surface area contributed by atoms with Crippen LogP contribution in [0.15, 0.2) is 65.6 Å². The van der Waals surface area contributed by atoms with E-state index >= 15 is 0 Å². The third-order valence-corrected chi connectivity index (χ3v) is 4.83. The Hall–Kier alpha value is -4.20. The molecule has 32 heavy (non-hydrogen) atoms. The third kappa shape index (κ3) is 4.92. The Kier molecular flexibility index (Phi) is 6.84. The zero-order valence-corrected chi connectivity index (χ0v) is 17.9. The van der Waals surface area contributed by atoms with Crippen LogP contribution in [0, 0.1) is 6.92 Å². The van der Waals surface area contributed by atoms with Crippen LogP contribution in [0.2, 0.25) is 0 Å². The highest BCUT2D eigenvalue weighted by molar-refractivity contribution is 6.08. The van der Waals surface area contributed by atoms with E-state index in [4.69, 9.17) is 4.74 Å². The number of aromatic nitrogens is 1. The van der Waals surface area contributed by atoms with Gasteiger partial charge in [0.15, 0.2) is 0 Å². The Bertz CT molecular complexity index is 1230. The summed E-state index contributed by atoms with van der Waals surface area (Å²) in [6, 6.07) is 14.7. The summed E-state index contributed by atoms with van der Waals surface area (Å²) in [6.45, 7) is 2.27. The maximum atomic E-state index is 12.9. The van der Waals surface area contributed by atoms with Crippen LogP contribution in [-0.2, 0) is 16.0 Å². The molecule has 8 nitrogen and oxygen atoms in total. The minimum atomic E-state index is -0.722. The number of pyridine rings is 1. The number of esters is 2. The van der Waals surface area contributed by atoms with E-state index < -0.39 is 23.4 Å². The largest absolute Gasteiger partial charge is 0.465 e. The van der Waals surface area contributed by atoms with Crippen molar-refractivity contribution in [1.82, 2.24) is 4.57 Å². The van der Waals surface area contributed by atoms with Crippen molar-refractivity contribution in [2.75, 3.05) is 19.5 Å². The number of benzene rings is 2. The molecule has 0 bridgehead atoms. The van der Waals surface area contributed by atoms with Crippen LogP contribution in [0.3, 0.4) is 0 Å². The molecular weight excluding hydrogens is 412 g/mol. The molecule has 1 aromatic heterocycles. The van der Waals surface area contributed by atoms with Gasteiger partial charge in [-0.25, -0.2) is 9.59 Å². The number of methoxy groups -OCH3 is 2. The van der Waals surface area contributed by atoms with Gasteiger partial charge in [0.2, 0.25) is 0 Å². The lowest BCUT2D eigenvalue weighted by atomic mass is 10.1. The molecule has 2 aromatic carbocycles. The summed E-state index contributed by atoms with van der Waals surface area (Å²) in [5.74, 6) is -2.07. The highest BCUT2D eigenvalue weighted by Crippen LogP contribution is 2.20. The Balaban J connectivity index is 1.93. The normalized spacial score (nSPS) is 10.3. The Morgan fingerprint density at radius 3 is 2.25 bits per heavy atom. The number of nitrogens with one attached hydrogen (secondary N) is 1. The summed E-state index contributed by atoms with van der Waals surface area (Å²) in [5.41, 5.74) is 1.59. The maximum Gasteiger partial charge on any atom is 0.339 e. The van der Waals surface area contributed by atoms with Gasteiger partial charge in [-0.1, -0.05) is 29.8 Å². The second-order valence-electron chi connectivity index (χ2n) is 7.04. The van der Waals surface area contributed by atoms with E-state index in [0.29, 0.717) is 6.54 Å². The predicted molar refractivity (Wildman–Crippen MR) is 118 cm³/mol. The number of carbonyl (C=O) groups is 3. The van der Waals surface area contributed by atoms with E-state index in [9.17, 15) is 19.2 Å². The number of nitrogens with zero attached hydrogens (tertiary/aromatic N) is 1. The summed E-state index contributed by atoms with van der Waals surface area (Å²) < 4.78 is 10.8. The Morgan fingerprint density at radius 1 is 0.906 bits per heavy atom. The van der Waals surface area contributed by atoms with Crippen molar-refractivity contribution in [3.63, 3.8) is 0 Å². The molecule has 0 radical (unpaired) electrons. The molecule has 3 rings (SSSR count). The highest BCUT2D eigenvalue weighted by atomic mass is 16.5. The highest BCUT2D eigenvalue weighted by Gasteiger charge is 2.19. The zero-order valence-electron chi connectivity index (χ0n) is 17.9. The molecule has 0 saturated heterocycles. The van der Waals surface area contributed by atoms with Crippen molar-refractivity contribution in [2.24, 2.45) is 0 Å². The maximum absolute atomic E-state index is 12.9. The van der Waals surface area contributed by atoms with E-state index in [2.05, 4.69) is 10.1 Å². The molecule has 164 valence electrons. The Labute approximate surface area is 184 Å². The first-order valence-corrected chi connectivity index (χ1v) is 9.71. The number of hydrogen-bond acceptors (Lipinski definition) is 6. The molecule has 1 heterocycles. The summed E-state index contributed by atoms with van der Waals surface area (Å²) in [6.07, 6.45) is 1.59. The minimum absolute atomic E-state index is 0.0260. The van der Waals surface area contributed by atoms with Crippen molar-refractivity contribution in [3.05, 3.63) is 99.0 Å². The number of carbonyl (C=O) groups excluding carboxylic acids is 3. The van der Waals surface area contributed by atoms with Crippen LogP contribution in [0.1, 0.15) is 42.2 Å². The molecule has 0 saturated carbocycles. The monoisotopic (exact) mass is 434 g/mol. The van der Waals surface area contributed by atoms with Gasteiger partial charge in [0.25, 0.3) is 11.5 Å². The number of hydrogen-bond donors (Lipinski definition) is 1. The van der Waals surface area contributed by atoms with Crippen LogP contribution in [0.5, 0.6) is 0 Å². The molecule has 0 atom stereocenters. The molecular formula is C24H22N2O6. The first kappa shape index (κ1) is 22.5. The second-order valence-corrected chi connectivity index (χ2v) is 7.04. The number of aryl methyl sites for hydroxylation is 1. The summed E-state index contributed by atoms with van der Waals surface area (Å²) in [5, 5.41) is 2.54. The third-order valence-electron chi connectivity index (χ3n) is 4.83. The molecule has 0 aliphatic heterocycles. The van der Waals surface area contributed by atoms with Gasteiger partial charge in [-0.15, -0.1) is 0 Å². The summed E-state index contributed by atoms with van der Waals surface area (Å²) in [7, 11) is 2.42. The fourth-order valence-corrected chi connectivity index (χ4v) is 3.09. The lowest BCUT2D eigenvalue weighted by Crippen LogP contribution is -2.29. The molecule has 1 amide bonds. The van der Waals surface area contributed by atoms with E-state index in [1.165, 1.54) is 43.1 Å². The summed E-state index contributed by atoms with van der Waals surface area (Å²) >= 11 is 0. The van der Waals surface area contributed by atoms with Gasteiger partial charge < -0.3 is 19.4 Å². The lowest BCUT2D eigenvalue weighted by molar-refractivity contribution is 0.0587. The molecule has 0 unspecified atom stereocenters. The number of anilines is 1. The fraction of sp³-hybridized carbons (Fsp3) is 0.167. The standard InChI is InChI=1S/C24H22N2O6/c1-15-6-8-16(9-7-15)14-26-12-4-5-19(22(26)28)21(27)25-20-13-17(23(29)31-2)10-11-18(20)24(30)32-3/h4-13H,14H2,1-3H3,(H,25,27). The molecule has 0 spiro atoms. The van der Waals surface area contributed by atoms with Crippen molar-refractivity contribution in [1.29, 1.82) is 0 Å². The van der Waals surface area contributed by atoms with E-state index in [-0.39, 0.29) is 22.4 Å².